The highest BCUT2D eigenvalue weighted by atomic mass is 32.1. The Hall–Kier alpha value is -3.85. The van der Waals surface area contributed by atoms with Gasteiger partial charge in [-0.3, -0.25) is 19.3 Å². The van der Waals surface area contributed by atoms with Crippen LogP contribution in [0.2, 0.25) is 0 Å². The number of carbonyl (C=O) groups excluding carboxylic acids is 3. The number of thiophene rings is 1. The fourth-order valence-electron chi connectivity index (χ4n) is 5.32. The molecule has 190 valence electrons. The Bertz CT molecular complexity index is 1360. The molecule has 8 nitrogen and oxygen atoms in total. The third-order valence-electron chi connectivity index (χ3n) is 7.38. The highest BCUT2D eigenvalue weighted by Crippen LogP contribution is 2.38. The van der Waals surface area contributed by atoms with Crippen LogP contribution in [0.5, 0.6) is 11.5 Å². The highest BCUT2D eigenvalue weighted by molar-refractivity contribution is 7.10. The van der Waals surface area contributed by atoms with Gasteiger partial charge in [0.1, 0.15) is 0 Å². The number of fused-ring (bicyclic) bond motifs is 2. The number of nitrogens with zero attached hydrogens (tertiary/aromatic N) is 2. The van der Waals surface area contributed by atoms with Crippen LogP contribution in [0.3, 0.4) is 0 Å². The number of hydrogen-bond acceptors (Lipinski definition) is 7. The lowest BCUT2D eigenvalue weighted by Gasteiger charge is -2.34. The predicted molar refractivity (Wildman–Crippen MR) is 139 cm³/mol. The van der Waals surface area contributed by atoms with E-state index in [2.05, 4.69) is 10.2 Å². The maximum absolute atomic E-state index is 13.5. The molecule has 1 aromatic heterocycles. The van der Waals surface area contributed by atoms with E-state index in [0.29, 0.717) is 49.4 Å². The molecule has 0 radical (unpaired) electrons. The molecule has 0 spiro atoms. The lowest BCUT2D eigenvalue weighted by Crippen LogP contribution is -2.41. The topological polar surface area (TPSA) is 88.2 Å². The number of imide groups is 1. The lowest BCUT2D eigenvalue weighted by molar-refractivity contribution is -0.125. The van der Waals surface area contributed by atoms with Crippen LogP contribution in [-0.2, 0) is 11.3 Å². The minimum Gasteiger partial charge on any atom is -0.454 e. The van der Waals surface area contributed by atoms with E-state index in [1.165, 1.54) is 16.2 Å². The molecule has 2 aromatic carbocycles. The summed E-state index contributed by atoms with van der Waals surface area (Å²) in [5, 5.41) is 4.99. The van der Waals surface area contributed by atoms with Gasteiger partial charge in [0, 0.05) is 30.4 Å². The molecule has 1 N–H and O–H groups in total. The van der Waals surface area contributed by atoms with Crippen LogP contribution in [0, 0.1) is 5.92 Å². The number of piperidine rings is 1. The van der Waals surface area contributed by atoms with Crippen LogP contribution in [0.4, 0.5) is 5.69 Å². The summed E-state index contributed by atoms with van der Waals surface area (Å²) in [6.45, 7) is 3.82. The molecule has 1 fully saturated rings. The summed E-state index contributed by atoms with van der Waals surface area (Å²) in [4.78, 5) is 44.0. The van der Waals surface area contributed by atoms with Crippen molar-refractivity contribution in [1.82, 2.24) is 10.2 Å². The van der Waals surface area contributed by atoms with Gasteiger partial charge in [-0.15, -0.1) is 11.3 Å². The standard InChI is InChI=1S/C28H27N3O5S/c1-17(24-6-3-13-37-24)31-27(33)20-4-2-5-21(25(20)28(31)34)30-11-9-19(10-12-30)26(32)29-15-18-7-8-22-23(14-18)36-16-35-22/h2-8,13-14,17,19H,9-12,15-16H2,1H3,(H,29,32). The largest absolute Gasteiger partial charge is 0.454 e. The summed E-state index contributed by atoms with van der Waals surface area (Å²) in [7, 11) is 0. The van der Waals surface area contributed by atoms with Gasteiger partial charge in [0.15, 0.2) is 11.5 Å². The van der Waals surface area contributed by atoms with Gasteiger partial charge >= 0.3 is 0 Å². The van der Waals surface area contributed by atoms with Crippen LogP contribution in [0.25, 0.3) is 0 Å². The van der Waals surface area contributed by atoms with Gasteiger partial charge in [-0.1, -0.05) is 18.2 Å². The van der Waals surface area contributed by atoms with Gasteiger partial charge < -0.3 is 19.7 Å². The maximum atomic E-state index is 13.5. The van der Waals surface area contributed by atoms with E-state index < -0.39 is 0 Å². The second-order valence-electron chi connectivity index (χ2n) is 9.54. The fraction of sp³-hybridized carbons (Fsp3) is 0.321. The van der Waals surface area contributed by atoms with Crippen LogP contribution >= 0.6 is 11.3 Å². The molecule has 4 heterocycles. The van der Waals surface area contributed by atoms with Crippen molar-refractivity contribution < 1.29 is 23.9 Å². The van der Waals surface area contributed by atoms with Crippen molar-refractivity contribution in [2.24, 2.45) is 5.92 Å². The van der Waals surface area contributed by atoms with Crippen LogP contribution in [-0.4, -0.2) is 42.5 Å². The average molecular weight is 518 g/mol. The average Bonchev–Trinajstić information content (AvgIpc) is 3.67. The molecule has 9 heteroatoms. The molecular formula is C28H27N3O5S. The maximum Gasteiger partial charge on any atom is 0.264 e. The Morgan fingerprint density at radius 3 is 2.65 bits per heavy atom. The summed E-state index contributed by atoms with van der Waals surface area (Å²) in [6, 6.07) is 14.7. The van der Waals surface area contributed by atoms with Gasteiger partial charge in [0.2, 0.25) is 12.7 Å². The Morgan fingerprint density at radius 1 is 1.05 bits per heavy atom. The summed E-state index contributed by atoms with van der Waals surface area (Å²) in [5.41, 5.74) is 2.66. The third kappa shape index (κ3) is 4.23. The number of hydrogen-bond donors (Lipinski definition) is 1. The smallest absolute Gasteiger partial charge is 0.264 e. The zero-order valence-corrected chi connectivity index (χ0v) is 21.3. The number of benzene rings is 2. The monoisotopic (exact) mass is 517 g/mol. The fourth-order valence-corrected chi connectivity index (χ4v) is 6.10. The molecule has 0 aliphatic carbocycles. The summed E-state index contributed by atoms with van der Waals surface area (Å²) < 4.78 is 10.8. The molecule has 37 heavy (non-hydrogen) atoms. The molecule has 1 unspecified atom stereocenters. The zero-order chi connectivity index (χ0) is 25.5. The zero-order valence-electron chi connectivity index (χ0n) is 20.4. The van der Waals surface area contributed by atoms with E-state index in [4.69, 9.17) is 9.47 Å². The van der Waals surface area contributed by atoms with Gasteiger partial charge in [-0.2, -0.15) is 0 Å². The number of anilines is 1. The van der Waals surface area contributed by atoms with Crippen LogP contribution < -0.4 is 19.7 Å². The van der Waals surface area contributed by atoms with E-state index in [0.717, 1.165) is 21.9 Å². The first-order valence-corrected chi connectivity index (χ1v) is 13.3. The molecule has 0 bridgehead atoms. The first-order chi connectivity index (χ1) is 18.0. The van der Waals surface area contributed by atoms with Crippen molar-refractivity contribution in [2.45, 2.75) is 32.4 Å². The normalized spacial score (nSPS) is 17.8. The quantitative estimate of drug-likeness (QED) is 0.489. The molecule has 3 aliphatic heterocycles. The van der Waals surface area contributed by atoms with Gasteiger partial charge in [0.05, 0.1) is 22.9 Å². The summed E-state index contributed by atoms with van der Waals surface area (Å²) in [6.07, 6.45) is 1.35. The van der Waals surface area contributed by atoms with E-state index in [1.54, 1.807) is 6.07 Å². The van der Waals surface area contributed by atoms with Crippen molar-refractivity contribution in [1.29, 1.82) is 0 Å². The Balaban J connectivity index is 1.10. The van der Waals surface area contributed by atoms with Crippen molar-refractivity contribution in [3.05, 3.63) is 75.5 Å². The van der Waals surface area contributed by atoms with Gasteiger partial charge in [-0.05, 0) is 61.0 Å². The second-order valence-corrected chi connectivity index (χ2v) is 10.5. The summed E-state index contributed by atoms with van der Waals surface area (Å²) >= 11 is 1.54. The van der Waals surface area contributed by atoms with Crippen molar-refractivity contribution in [3.8, 4) is 11.5 Å². The number of ether oxygens (including phenoxy) is 2. The molecule has 1 atom stereocenters. The number of rotatable bonds is 6. The molecule has 3 aromatic rings. The Kier molecular flexibility index (Phi) is 6.08. The number of nitrogens with one attached hydrogen (secondary N) is 1. The van der Waals surface area contributed by atoms with E-state index >= 15 is 0 Å². The highest BCUT2D eigenvalue weighted by Gasteiger charge is 2.42. The minimum absolute atomic E-state index is 0.0257. The van der Waals surface area contributed by atoms with Crippen molar-refractivity contribution >= 4 is 34.7 Å². The SMILES string of the molecule is CC(c1cccs1)N1C(=O)c2cccc(N3CCC(C(=O)NCc4ccc5c(c4)OCO5)CC3)c2C1=O. The lowest BCUT2D eigenvalue weighted by atomic mass is 9.94. The first-order valence-electron chi connectivity index (χ1n) is 12.5. The molecule has 0 saturated carbocycles. The molecule has 3 aliphatic rings. The predicted octanol–water partition coefficient (Wildman–Crippen LogP) is 4.37. The Morgan fingerprint density at radius 2 is 1.86 bits per heavy atom. The van der Waals surface area contributed by atoms with Crippen molar-refractivity contribution in [2.75, 3.05) is 24.8 Å². The van der Waals surface area contributed by atoms with Gasteiger partial charge in [0.25, 0.3) is 11.8 Å². The van der Waals surface area contributed by atoms with E-state index in [9.17, 15) is 14.4 Å². The molecule has 6 rings (SSSR count). The Labute approximate surface area is 218 Å². The minimum atomic E-state index is -0.320. The van der Waals surface area contributed by atoms with Crippen LogP contribution in [0.15, 0.2) is 53.9 Å². The number of carbonyl (C=O) groups is 3. The van der Waals surface area contributed by atoms with Crippen LogP contribution in [0.1, 0.15) is 57.0 Å². The molecular weight excluding hydrogens is 490 g/mol. The third-order valence-corrected chi connectivity index (χ3v) is 8.42. The second kappa shape index (κ2) is 9.55. The molecule has 3 amide bonds. The van der Waals surface area contributed by atoms with E-state index in [-0.39, 0.29) is 36.5 Å². The van der Waals surface area contributed by atoms with Crippen molar-refractivity contribution in [3.63, 3.8) is 0 Å². The van der Waals surface area contributed by atoms with E-state index in [1.807, 2.05) is 54.8 Å². The number of amides is 3. The van der Waals surface area contributed by atoms with Gasteiger partial charge in [-0.25, -0.2) is 0 Å². The first kappa shape index (κ1) is 23.5. The summed E-state index contributed by atoms with van der Waals surface area (Å²) in [5.74, 6) is 0.846. The molecule has 1 saturated heterocycles.